The van der Waals surface area contributed by atoms with Crippen LogP contribution in [0.4, 0.5) is 19.1 Å². The largest absolute Gasteiger partial charge is 0.416 e. The molecule has 1 fully saturated rings. The van der Waals surface area contributed by atoms with Crippen LogP contribution >= 0.6 is 24.8 Å². The third-order valence-corrected chi connectivity index (χ3v) is 3.58. The molecule has 4 nitrogen and oxygen atoms in total. The number of benzene rings is 1. The van der Waals surface area contributed by atoms with Crippen molar-refractivity contribution in [2.45, 2.75) is 6.18 Å². The van der Waals surface area contributed by atoms with Gasteiger partial charge < -0.3 is 10.2 Å². The lowest BCUT2D eigenvalue weighted by Gasteiger charge is -2.27. The van der Waals surface area contributed by atoms with Gasteiger partial charge in [-0.3, -0.25) is 0 Å². The summed E-state index contributed by atoms with van der Waals surface area (Å²) in [4.78, 5) is 10.7. The average Bonchev–Trinajstić information content (AvgIpc) is 2.55. The van der Waals surface area contributed by atoms with Gasteiger partial charge in [-0.25, -0.2) is 9.97 Å². The number of anilines is 1. The summed E-state index contributed by atoms with van der Waals surface area (Å²) in [6, 6.07) is 5.01. The van der Waals surface area contributed by atoms with E-state index in [4.69, 9.17) is 0 Å². The Balaban J connectivity index is 0.00000144. The van der Waals surface area contributed by atoms with Gasteiger partial charge in [0, 0.05) is 44.1 Å². The summed E-state index contributed by atoms with van der Waals surface area (Å²) in [6.45, 7) is 3.48. The minimum Gasteiger partial charge on any atom is -0.338 e. The third-order valence-electron chi connectivity index (χ3n) is 3.58. The number of nitrogens with one attached hydrogen (secondary N) is 1. The number of halogens is 5. The van der Waals surface area contributed by atoms with Crippen molar-refractivity contribution in [2.75, 3.05) is 31.1 Å². The SMILES string of the molecule is Cl.Cl.FC(F)(F)c1ccc(-c2cnc(N3CCNCC3)nc2)cc1. The van der Waals surface area contributed by atoms with E-state index in [1.807, 2.05) is 0 Å². The first-order valence-corrected chi connectivity index (χ1v) is 6.99. The lowest BCUT2D eigenvalue weighted by molar-refractivity contribution is -0.137. The number of nitrogens with zero attached hydrogens (tertiary/aromatic N) is 3. The summed E-state index contributed by atoms with van der Waals surface area (Å²) in [7, 11) is 0. The minimum atomic E-state index is -4.32. The molecule has 1 aromatic heterocycles. The lowest BCUT2D eigenvalue weighted by atomic mass is 10.1. The highest BCUT2D eigenvalue weighted by Gasteiger charge is 2.29. The summed E-state index contributed by atoms with van der Waals surface area (Å²) in [5.74, 6) is 0.650. The molecule has 2 heterocycles. The Hall–Kier alpha value is -1.57. The van der Waals surface area contributed by atoms with E-state index in [1.165, 1.54) is 12.1 Å². The summed E-state index contributed by atoms with van der Waals surface area (Å²) in [5.41, 5.74) is 0.710. The van der Waals surface area contributed by atoms with Gasteiger partial charge >= 0.3 is 6.18 Å². The molecule has 9 heteroatoms. The predicted molar refractivity (Wildman–Crippen MR) is 92.0 cm³/mol. The van der Waals surface area contributed by atoms with Gasteiger partial charge in [0.25, 0.3) is 0 Å². The van der Waals surface area contributed by atoms with E-state index in [1.54, 1.807) is 12.4 Å². The highest BCUT2D eigenvalue weighted by molar-refractivity contribution is 5.85. The maximum Gasteiger partial charge on any atom is 0.416 e. The molecule has 1 aliphatic rings. The number of alkyl halides is 3. The van der Waals surface area contributed by atoms with E-state index < -0.39 is 11.7 Å². The fraction of sp³-hybridized carbons (Fsp3) is 0.333. The molecule has 0 bridgehead atoms. The van der Waals surface area contributed by atoms with E-state index in [-0.39, 0.29) is 24.8 Å². The fourth-order valence-electron chi connectivity index (χ4n) is 2.35. The Morgan fingerprint density at radius 3 is 1.92 bits per heavy atom. The summed E-state index contributed by atoms with van der Waals surface area (Å²) in [5, 5.41) is 3.25. The standard InChI is InChI=1S/C15H15F3N4.2ClH/c16-15(17,18)13-3-1-11(2-4-13)12-9-20-14(21-10-12)22-7-5-19-6-8-22;;/h1-4,9-10,19H,5-8H2;2*1H. The van der Waals surface area contributed by atoms with E-state index in [0.29, 0.717) is 17.1 Å². The van der Waals surface area contributed by atoms with Crippen molar-refractivity contribution in [1.82, 2.24) is 15.3 Å². The Kier molecular flexibility index (Phi) is 7.26. The predicted octanol–water partition coefficient (Wildman–Crippen LogP) is 3.42. The molecule has 1 N–H and O–H groups in total. The van der Waals surface area contributed by atoms with Gasteiger partial charge in [-0.15, -0.1) is 24.8 Å². The first-order chi connectivity index (χ1) is 10.5. The van der Waals surface area contributed by atoms with Crippen molar-refractivity contribution in [3.8, 4) is 11.1 Å². The van der Waals surface area contributed by atoms with Crippen LogP contribution < -0.4 is 10.2 Å². The van der Waals surface area contributed by atoms with Crippen molar-refractivity contribution in [2.24, 2.45) is 0 Å². The summed E-state index contributed by atoms with van der Waals surface area (Å²) < 4.78 is 37.6. The molecule has 24 heavy (non-hydrogen) atoms. The van der Waals surface area contributed by atoms with Crippen LogP contribution in [-0.2, 0) is 6.18 Å². The molecule has 0 amide bonds. The van der Waals surface area contributed by atoms with Crippen molar-refractivity contribution >= 4 is 30.8 Å². The van der Waals surface area contributed by atoms with Gasteiger partial charge in [-0.2, -0.15) is 13.2 Å². The third kappa shape index (κ3) is 4.72. The fourth-order valence-corrected chi connectivity index (χ4v) is 2.35. The van der Waals surface area contributed by atoms with Crippen molar-refractivity contribution in [3.63, 3.8) is 0 Å². The second kappa shape index (κ2) is 8.50. The highest BCUT2D eigenvalue weighted by Crippen LogP contribution is 2.30. The normalized spacial score (nSPS) is 14.5. The maximum absolute atomic E-state index is 12.5. The van der Waals surface area contributed by atoms with E-state index >= 15 is 0 Å². The highest BCUT2D eigenvalue weighted by atomic mass is 35.5. The Morgan fingerprint density at radius 1 is 0.875 bits per heavy atom. The molecule has 0 unspecified atom stereocenters. The van der Waals surface area contributed by atoms with Crippen LogP contribution in [0.5, 0.6) is 0 Å². The zero-order chi connectivity index (χ0) is 15.6. The molecule has 132 valence electrons. The zero-order valence-corrected chi connectivity index (χ0v) is 14.2. The monoisotopic (exact) mass is 380 g/mol. The molecular formula is C15H17Cl2F3N4. The van der Waals surface area contributed by atoms with Gasteiger partial charge in [0.1, 0.15) is 0 Å². The molecule has 3 rings (SSSR count). The number of hydrogen-bond donors (Lipinski definition) is 1. The number of hydrogen-bond acceptors (Lipinski definition) is 4. The molecule has 0 radical (unpaired) electrons. The first kappa shape index (κ1) is 20.5. The van der Waals surface area contributed by atoms with Crippen LogP contribution in [0.15, 0.2) is 36.7 Å². The lowest BCUT2D eigenvalue weighted by Crippen LogP contribution is -2.44. The Morgan fingerprint density at radius 2 is 1.42 bits per heavy atom. The average molecular weight is 381 g/mol. The van der Waals surface area contributed by atoms with Crippen molar-refractivity contribution in [3.05, 3.63) is 42.2 Å². The maximum atomic E-state index is 12.5. The van der Waals surface area contributed by atoms with Crippen LogP contribution in [0, 0.1) is 0 Å². The topological polar surface area (TPSA) is 41.1 Å². The Bertz CT molecular complexity index is 627. The van der Waals surface area contributed by atoms with Crippen LogP contribution in [-0.4, -0.2) is 36.1 Å². The molecule has 1 aromatic carbocycles. The van der Waals surface area contributed by atoms with Gasteiger partial charge in [0.15, 0.2) is 0 Å². The van der Waals surface area contributed by atoms with Crippen LogP contribution in [0.2, 0.25) is 0 Å². The Labute approximate surface area is 150 Å². The van der Waals surface area contributed by atoms with Crippen molar-refractivity contribution in [1.29, 1.82) is 0 Å². The molecule has 1 saturated heterocycles. The summed E-state index contributed by atoms with van der Waals surface area (Å²) >= 11 is 0. The van der Waals surface area contributed by atoms with Crippen LogP contribution in [0.25, 0.3) is 11.1 Å². The van der Waals surface area contributed by atoms with Gasteiger partial charge in [-0.05, 0) is 17.7 Å². The summed E-state index contributed by atoms with van der Waals surface area (Å²) in [6.07, 6.45) is -1.03. The number of aromatic nitrogens is 2. The van der Waals surface area contributed by atoms with Crippen LogP contribution in [0.3, 0.4) is 0 Å². The van der Waals surface area contributed by atoms with E-state index in [9.17, 15) is 13.2 Å². The van der Waals surface area contributed by atoms with Crippen molar-refractivity contribution < 1.29 is 13.2 Å². The molecule has 0 atom stereocenters. The molecule has 1 aliphatic heterocycles. The molecule has 0 saturated carbocycles. The van der Waals surface area contributed by atoms with Gasteiger partial charge in [0.2, 0.25) is 5.95 Å². The second-order valence-electron chi connectivity index (χ2n) is 5.08. The zero-order valence-electron chi connectivity index (χ0n) is 12.6. The minimum absolute atomic E-state index is 0. The van der Waals surface area contributed by atoms with E-state index in [0.717, 1.165) is 38.3 Å². The second-order valence-corrected chi connectivity index (χ2v) is 5.08. The smallest absolute Gasteiger partial charge is 0.338 e. The van der Waals surface area contributed by atoms with E-state index in [2.05, 4.69) is 20.2 Å². The molecule has 0 aliphatic carbocycles. The quantitative estimate of drug-likeness (QED) is 0.866. The number of piperazine rings is 1. The number of rotatable bonds is 2. The molecule has 0 spiro atoms. The molecular weight excluding hydrogens is 364 g/mol. The van der Waals surface area contributed by atoms with Gasteiger partial charge in [-0.1, -0.05) is 12.1 Å². The van der Waals surface area contributed by atoms with Gasteiger partial charge in [0.05, 0.1) is 5.56 Å². The first-order valence-electron chi connectivity index (χ1n) is 6.99. The molecule has 2 aromatic rings. The van der Waals surface area contributed by atoms with Crippen LogP contribution in [0.1, 0.15) is 5.56 Å².